The summed E-state index contributed by atoms with van der Waals surface area (Å²) < 4.78 is 14.6. The van der Waals surface area contributed by atoms with Gasteiger partial charge in [0.25, 0.3) is 0 Å². The highest BCUT2D eigenvalue weighted by atomic mass is 32.3. The third-order valence-corrected chi connectivity index (χ3v) is 1.70. The smallest absolute Gasteiger partial charge is 0.103 e. The minimum Gasteiger partial charge on any atom is -0.279 e. The lowest BCUT2D eigenvalue weighted by Gasteiger charge is -2.25. The summed E-state index contributed by atoms with van der Waals surface area (Å²) >= 11 is 0. The molecule has 0 atom stereocenters. The van der Waals surface area contributed by atoms with Crippen molar-refractivity contribution < 1.29 is 4.39 Å². The molecule has 0 heterocycles. The molecule has 0 aromatic carbocycles. The fraction of sp³-hybridized carbons (Fsp3) is 1.00. The second-order valence-corrected chi connectivity index (χ2v) is 6.38. The first-order valence-electron chi connectivity index (χ1n) is 2.55. The second-order valence-electron chi connectivity index (χ2n) is 2.42. The minimum absolute atomic E-state index is 0.260. The largest absolute Gasteiger partial charge is 0.279 e. The van der Waals surface area contributed by atoms with Gasteiger partial charge in [-0.05, 0) is 18.8 Å². The quantitative estimate of drug-likeness (QED) is 0.618. The summed E-state index contributed by atoms with van der Waals surface area (Å²) in [7, 11) is -0.676. The molecule has 3 heteroatoms. The Kier molecular flexibility index (Phi) is 3.40. The lowest BCUT2D eigenvalue weighted by atomic mass is 10.8. The van der Waals surface area contributed by atoms with Crippen molar-refractivity contribution in [2.45, 2.75) is 0 Å². The zero-order valence-corrected chi connectivity index (χ0v) is 6.52. The van der Waals surface area contributed by atoms with Gasteiger partial charge in [0.05, 0.1) is 0 Å². The van der Waals surface area contributed by atoms with E-state index in [1.54, 1.807) is 0 Å². The molecule has 0 radical (unpaired) electrons. The zero-order chi connectivity index (χ0) is 6.62. The van der Waals surface area contributed by atoms with Gasteiger partial charge in [-0.25, -0.2) is 4.39 Å². The van der Waals surface area contributed by atoms with E-state index in [4.69, 9.17) is 0 Å². The average molecular weight is 139 g/mol. The van der Waals surface area contributed by atoms with Gasteiger partial charge < -0.3 is 0 Å². The maximum Gasteiger partial charge on any atom is 0.103 e. The molecule has 0 bridgehead atoms. The standard InChI is InChI=1S/C5H14FNS/c1-8(2,3)7-5-4-6/h7H,4-5H2,1-3H3. The molecule has 0 aromatic rings. The number of alkyl halides is 1. The molecule has 0 saturated heterocycles. The van der Waals surface area contributed by atoms with Crippen LogP contribution < -0.4 is 4.72 Å². The van der Waals surface area contributed by atoms with E-state index in [-0.39, 0.29) is 6.67 Å². The Morgan fingerprint density at radius 1 is 1.38 bits per heavy atom. The molecule has 52 valence electrons. The van der Waals surface area contributed by atoms with Crippen LogP contribution in [0.15, 0.2) is 0 Å². The summed E-state index contributed by atoms with van der Waals surface area (Å²) in [5.74, 6) is 0. The Morgan fingerprint density at radius 3 is 2.00 bits per heavy atom. The van der Waals surface area contributed by atoms with Crippen LogP contribution >= 0.6 is 10.2 Å². The Labute approximate surface area is 52.1 Å². The first-order valence-corrected chi connectivity index (χ1v) is 5.41. The number of rotatable bonds is 3. The summed E-state index contributed by atoms with van der Waals surface area (Å²) in [6.07, 6.45) is 6.30. The Bertz CT molecular complexity index is 59.9. The molecule has 0 unspecified atom stereocenters. The van der Waals surface area contributed by atoms with E-state index < -0.39 is 10.2 Å². The number of halogens is 1. The van der Waals surface area contributed by atoms with Crippen molar-refractivity contribution in [3.05, 3.63) is 0 Å². The average Bonchev–Trinajstić information content (AvgIpc) is 1.59. The third-order valence-electron chi connectivity index (χ3n) is 0.630. The van der Waals surface area contributed by atoms with Crippen LogP contribution in [0, 0.1) is 0 Å². The lowest BCUT2D eigenvalue weighted by molar-refractivity contribution is 0.495. The predicted octanol–water partition coefficient (Wildman–Crippen LogP) is 1.15. The first kappa shape index (κ1) is 8.24. The highest BCUT2D eigenvalue weighted by Gasteiger charge is 1.99. The summed E-state index contributed by atoms with van der Waals surface area (Å²) in [5.41, 5.74) is 0. The Balaban J connectivity index is 3.11. The van der Waals surface area contributed by atoms with Crippen molar-refractivity contribution in [2.75, 3.05) is 32.0 Å². The van der Waals surface area contributed by atoms with Gasteiger partial charge in [0.1, 0.15) is 6.67 Å². The molecule has 0 aromatic heterocycles. The van der Waals surface area contributed by atoms with Gasteiger partial charge in [0.15, 0.2) is 0 Å². The molecule has 0 fully saturated rings. The monoisotopic (exact) mass is 139 g/mol. The van der Waals surface area contributed by atoms with Crippen LogP contribution in [0.1, 0.15) is 0 Å². The van der Waals surface area contributed by atoms with Gasteiger partial charge in [-0.2, -0.15) is 10.2 Å². The van der Waals surface area contributed by atoms with E-state index in [1.807, 2.05) is 0 Å². The summed E-state index contributed by atoms with van der Waals surface area (Å²) in [5, 5.41) is 0. The number of nitrogens with one attached hydrogen (secondary N) is 1. The second kappa shape index (κ2) is 3.30. The van der Waals surface area contributed by atoms with E-state index in [0.717, 1.165) is 0 Å². The number of hydrogen-bond acceptors (Lipinski definition) is 1. The SMILES string of the molecule is CS(C)(C)NCCF. The van der Waals surface area contributed by atoms with Crippen molar-refractivity contribution in [1.82, 2.24) is 4.72 Å². The minimum atomic E-state index is -0.676. The number of hydrogen-bond donors (Lipinski definition) is 1. The first-order chi connectivity index (χ1) is 3.56. The van der Waals surface area contributed by atoms with Crippen molar-refractivity contribution in [2.24, 2.45) is 0 Å². The molecule has 0 aliphatic rings. The molecule has 0 aliphatic carbocycles. The molecule has 0 saturated carbocycles. The van der Waals surface area contributed by atoms with Crippen LogP contribution in [0.3, 0.4) is 0 Å². The van der Waals surface area contributed by atoms with Crippen LogP contribution in [-0.2, 0) is 0 Å². The fourth-order valence-electron chi connectivity index (χ4n) is 0.345. The summed E-state index contributed by atoms with van der Waals surface area (Å²) in [6, 6.07) is 0. The van der Waals surface area contributed by atoms with Crippen molar-refractivity contribution in [3.63, 3.8) is 0 Å². The molecular weight excluding hydrogens is 125 g/mol. The summed E-state index contributed by atoms with van der Waals surface area (Å²) in [6.45, 7) is 0.239. The van der Waals surface area contributed by atoms with Gasteiger partial charge in [0, 0.05) is 6.54 Å². The van der Waals surface area contributed by atoms with Gasteiger partial charge in [-0.15, -0.1) is 0 Å². The van der Waals surface area contributed by atoms with Gasteiger partial charge in [-0.3, -0.25) is 4.72 Å². The van der Waals surface area contributed by atoms with E-state index in [9.17, 15) is 4.39 Å². The Morgan fingerprint density at radius 2 is 1.88 bits per heavy atom. The van der Waals surface area contributed by atoms with Gasteiger partial charge >= 0.3 is 0 Å². The molecule has 8 heavy (non-hydrogen) atoms. The van der Waals surface area contributed by atoms with Crippen LogP contribution in [0.5, 0.6) is 0 Å². The third kappa shape index (κ3) is 6.24. The maximum absolute atomic E-state index is 11.5. The van der Waals surface area contributed by atoms with Crippen LogP contribution in [0.4, 0.5) is 4.39 Å². The van der Waals surface area contributed by atoms with Crippen molar-refractivity contribution in [1.29, 1.82) is 0 Å². The van der Waals surface area contributed by atoms with E-state index in [0.29, 0.717) is 6.54 Å². The van der Waals surface area contributed by atoms with E-state index in [2.05, 4.69) is 23.5 Å². The predicted molar refractivity (Wildman–Crippen MR) is 39.3 cm³/mol. The fourth-order valence-corrected chi connectivity index (χ4v) is 1.03. The molecule has 0 amide bonds. The highest BCUT2D eigenvalue weighted by Crippen LogP contribution is 2.27. The van der Waals surface area contributed by atoms with E-state index in [1.165, 1.54) is 0 Å². The molecule has 0 spiro atoms. The molecule has 1 nitrogen and oxygen atoms in total. The van der Waals surface area contributed by atoms with Crippen molar-refractivity contribution >= 4 is 10.2 Å². The lowest BCUT2D eigenvalue weighted by Crippen LogP contribution is -2.19. The summed E-state index contributed by atoms with van der Waals surface area (Å²) in [4.78, 5) is 0. The van der Waals surface area contributed by atoms with Crippen LogP contribution in [0.2, 0.25) is 0 Å². The molecule has 0 aliphatic heterocycles. The van der Waals surface area contributed by atoms with Crippen LogP contribution in [0.25, 0.3) is 0 Å². The normalized spacial score (nSPS) is 14.0. The molecule has 0 rings (SSSR count). The van der Waals surface area contributed by atoms with Crippen LogP contribution in [-0.4, -0.2) is 32.0 Å². The maximum atomic E-state index is 11.5. The van der Waals surface area contributed by atoms with E-state index >= 15 is 0 Å². The van der Waals surface area contributed by atoms with Gasteiger partial charge in [-0.1, -0.05) is 0 Å². The molecular formula is C5H14FNS. The Hall–Kier alpha value is 0.240. The van der Waals surface area contributed by atoms with Gasteiger partial charge in [0.2, 0.25) is 0 Å². The molecule has 1 N–H and O–H groups in total. The highest BCUT2D eigenvalue weighted by molar-refractivity contribution is 8.30. The zero-order valence-electron chi connectivity index (χ0n) is 5.70. The topological polar surface area (TPSA) is 12.0 Å². The van der Waals surface area contributed by atoms with Crippen molar-refractivity contribution in [3.8, 4) is 0 Å².